The molecule has 1 N–H and O–H groups in total. The molecule has 0 saturated carbocycles. The van der Waals surface area contributed by atoms with Gasteiger partial charge < -0.3 is 14.8 Å². The lowest BCUT2D eigenvalue weighted by atomic mass is 10.2. The van der Waals surface area contributed by atoms with E-state index in [-0.39, 0.29) is 5.91 Å². The van der Waals surface area contributed by atoms with E-state index >= 15 is 0 Å². The SMILES string of the molecule is CCOCCCNC(=O)CCCOc1cccc(C)c1. The fourth-order valence-corrected chi connectivity index (χ4v) is 1.76. The number of hydrogen-bond donors (Lipinski definition) is 1. The van der Waals surface area contributed by atoms with Crippen LogP contribution in [-0.2, 0) is 9.53 Å². The van der Waals surface area contributed by atoms with Crippen LogP contribution in [0.1, 0.15) is 31.7 Å². The summed E-state index contributed by atoms with van der Waals surface area (Å²) >= 11 is 0. The first-order valence-corrected chi connectivity index (χ1v) is 7.26. The summed E-state index contributed by atoms with van der Waals surface area (Å²) in [6, 6.07) is 7.92. The summed E-state index contributed by atoms with van der Waals surface area (Å²) in [5.74, 6) is 0.941. The number of rotatable bonds is 10. The maximum absolute atomic E-state index is 11.5. The fraction of sp³-hybridized carbons (Fsp3) is 0.562. The Hall–Kier alpha value is -1.55. The maximum atomic E-state index is 11.5. The molecule has 1 amide bonds. The molecule has 0 bridgehead atoms. The van der Waals surface area contributed by atoms with Crippen LogP contribution in [0.15, 0.2) is 24.3 Å². The predicted molar refractivity (Wildman–Crippen MR) is 80.0 cm³/mol. The topological polar surface area (TPSA) is 47.6 Å². The Morgan fingerprint density at radius 3 is 2.85 bits per heavy atom. The van der Waals surface area contributed by atoms with Crippen LogP contribution in [0.4, 0.5) is 0 Å². The average Bonchev–Trinajstić information content (AvgIpc) is 2.43. The largest absolute Gasteiger partial charge is 0.494 e. The van der Waals surface area contributed by atoms with E-state index in [9.17, 15) is 4.79 Å². The van der Waals surface area contributed by atoms with E-state index in [1.54, 1.807) is 0 Å². The molecule has 0 heterocycles. The third-order valence-electron chi connectivity index (χ3n) is 2.80. The van der Waals surface area contributed by atoms with Crippen molar-refractivity contribution in [3.05, 3.63) is 29.8 Å². The van der Waals surface area contributed by atoms with Gasteiger partial charge in [-0.05, 0) is 44.4 Å². The fourth-order valence-electron chi connectivity index (χ4n) is 1.76. The zero-order valence-electron chi connectivity index (χ0n) is 12.5. The molecule has 0 fully saturated rings. The Balaban J connectivity index is 2.02. The predicted octanol–water partition coefficient (Wildman–Crippen LogP) is 2.70. The van der Waals surface area contributed by atoms with E-state index in [2.05, 4.69) is 5.32 Å². The van der Waals surface area contributed by atoms with Gasteiger partial charge in [-0.2, -0.15) is 0 Å². The highest BCUT2D eigenvalue weighted by Crippen LogP contribution is 2.12. The summed E-state index contributed by atoms with van der Waals surface area (Å²) in [5.41, 5.74) is 1.18. The number of aryl methyl sites for hydroxylation is 1. The molecule has 4 heteroatoms. The van der Waals surface area contributed by atoms with Gasteiger partial charge in [-0.1, -0.05) is 12.1 Å². The third-order valence-corrected chi connectivity index (χ3v) is 2.80. The number of amides is 1. The van der Waals surface area contributed by atoms with Gasteiger partial charge in [-0.25, -0.2) is 0 Å². The molecule has 0 aliphatic carbocycles. The van der Waals surface area contributed by atoms with Crippen LogP contribution in [0.25, 0.3) is 0 Å². The third kappa shape index (κ3) is 7.79. The number of carbonyl (C=O) groups is 1. The summed E-state index contributed by atoms with van der Waals surface area (Å²) in [4.78, 5) is 11.5. The second-order valence-electron chi connectivity index (χ2n) is 4.67. The van der Waals surface area contributed by atoms with Gasteiger partial charge in [0, 0.05) is 26.2 Å². The molecule has 0 saturated heterocycles. The van der Waals surface area contributed by atoms with Crippen LogP contribution in [0.2, 0.25) is 0 Å². The van der Waals surface area contributed by atoms with E-state index in [0.717, 1.165) is 25.2 Å². The van der Waals surface area contributed by atoms with Crippen molar-refractivity contribution in [3.63, 3.8) is 0 Å². The molecule has 1 aromatic carbocycles. The van der Waals surface area contributed by atoms with Crippen LogP contribution < -0.4 is 10.1 Å². The van der Waals surface area contributed by atoms with Crippen LogP contribution >= 0.6 is 0 Å². The zero-order chi connectivity index (χ0) is 14.6. The lowest BCUT2D eigenvalue weighted by molar-refractivity contribution is -0.121. The lowest BCUT2D eigenvalue weighted by Crippen LogP contribution is -2.25. The van der Waals surface area contributed by atoms with Crippen molar-refractivity contribution in [3.8, 4) is 5.75 Å². The molecule has 112 valence electrons. The zero-order valence-corrected chi connectivity index (χ0v) is 12.5. The lowest BCUT2D eigenvalue weighted by Gasteiger charge is -2.07. The number of carbonyl (C=O) groups excluding carboxylic acids is 1. The van der Waals surface area contributed by atoms with E-state index in [1.165, 1.54) is 5.56 Å². The number of ether oxygens (including phenoxy) is 2. The van der Waals surface area contributed by atoms with Crippen molar-refractivity contribution < 1.29 is 14.3 Å². The van der Waals surface area contributed by atoms with Crippen molar-refractivity contribution in [2.75, 3.05) is 26.4 Å². The molecular weight excluding hydrogens is 254 g/mol. The van der Waals surface area contributed by atoms with Gasteiger partial charge in [0.2, 0.25) is 5.91 Å². The van der Waals surface area contributed by atoms with Gasteiger partial charge in [0.05, 0.1) is 6.61 Å². The number of hydrogen-bond acceptors (Lipinski definition) is 3. The highest BCUT2D eigenvalue weighted by atomic mass is 16.5. The van der Waals surface area contributed by atoms with Crippen molar-refractivity contribution in [1.29, 1.82) is 0 Å². The quantitative estimate of drug-likeness (QED) is 0.670. The minimum absolute atomic E-state index is 0.0781. The molecule has 1 rings (SSSR count). The summed E-state index contributed by atoms with van der Waals surface area (Å²) < 4.78 is 10.8. The van der Waals surface area contributed by atoms with Gasteiger partial charge in [0.15, 0.2) is 0 Å². The van der Waals surface area contributed by atoms with E-state index in [1.807, 2.05) is 38.1 Å². The molecule has 0 aliphatic heterocycles. The highest BCUT2D eigenvalue weighted by molar-refractivity contribution is 5.75. The molecule has 0 radical (unpaired) electrons. The van der Waals surface area contributed by atoms with E-state index in [0.29, 0.717) is 26.2 Å². The van der Waals surface area contributed by atoms with Gasteiger partial charge in [0.1, 0.15) is 5.75 Å². The molecule has 0 atom stereocenters. The van der Waals surface area contributed by atoms with Crippen molar-refractivity contribution in [1.82, 2.24) is 5.32 Å². The Kier molecular flexibility index (Phi) is 8.47. The van der Waals surface area contributed by atoms with E-state index in [4.69, 9.17) is 9.47 Å². The van der Waals surface area contributed by atoms with Crippen LogP contribution in [0, 0.1) is 6.92 Å². The first kappa shape index (κ1) is 16.5. The maximum Gasteiger partial charge on any atom is 0.220 e. The van der Waals surface area contributed by atoms with Crippen molar-refractivity contribution in [2.24, 2.45) is 0 Å². The second kappa shape index (κ2) is 10.3. The minimum atomic E-state index is 0.0781. The van der Waals surface area contributed by atoms with Crippen LogP contribution in [-0.4, -0.2) is 32.3 Å². The first-order chi connectivity index (χ1) is 9.72. The number of benzene rings is 1. The Morgan fingerprint density at radius 1 is 1.25 bits per heavy atom. The highest BCUT2D eigenvalue weighted by Gasteiger charge is 2.01. The van der Waals surface area contributed by atoms with Crippen LogP contribution in [0.5, 0.6) is 5.75 Å². The molecule has 0 spiro atoms. The summed E-state index contributed by atoms with van der Waals surface area (Å²) in [6.07, 6.45) is 2.09. The monoisotopic (exact) mass is 279 g/mol. The summed E-state index contributed by atoms with van der Waals surface area (Å²) in [6.45, 7) is 6.67. The molecule has 4 nitrogen and oxygen atoms in total. The van der Waals surface area contributed by atoms with E-state index < -0.39 is 0 Å². The van der Waals surface area contributed by atoms with Gasteiger partial charge >= 0.3 is 0 Å². The van der Waals surface area contributed by atoms with Gasteiger partial charge in [-0.3, -0.25) is 4.79 Å². The first-order valence-electron chi connectivity index (χ1n) is 7.26. The minimum Gasteiger partial charge on any atom is -0.494 e. The summed E-state index contributed by atoms with van der Waals surface area (Å²) in [5, 5.41) is 2.87. The van der Waals surface area contributed by atoms with Crippen molar-refractivity contribution in [2.45, 2.75) is 33.1 Å². The molecule has 1 aromatic rings. The second-order valence-corrected chi connectivity index (χ2v) is 4.67. The smallest absolute Gasteiger partial charge is 0.220 e. The molecule has 0 aromatic heterocycles. The van der Waals surface area contributed by atoms with Gasteiger partial charge in [0.25, 0.3) is 0 Å². The normalized spacial score (nSPS) is 10.3. The molecule has 20 heavy (non-hydrogen) atoms. The van der Waals surface area contributed by atoms with Crippen LogP contribution in [0.3, 0.4) is 0 Å². The standard InChI is InChI=1S/C16H25NO3/c1-3-19-11-6-10-17-16(18)9-5-12-20-15-8-4-7-14(2)13-15/h4,7-8,13H,3,5-6,9-12H2,1-2H3,(H,17,18). The Bertz CT molecular complexity index is 393. The number of nitrogens with one attached hydrogen (secondary N) is 1. The molecular formula is C16H25NO3. The average molecular weight is 279 g/mol. The Labute approximate surface area is 121 Å². The van der Waals surface area contributed by atoms with Crippen molar-refractivity contribution >= 4 is 5.91 Å². The molecule has 0 unspecified atom stereocenters. The molecule has 0 aliphatic rings. The Morgan fingerprint density at radius 2 is 2.10 bits per heavy atom. The van der Waals surface area contributed by atoms with Gasteiger partial charge in [-0.15, -0.1) is 0 Å². The summed E-state index contributed by atoms with van der Waals surface area (Å²) in [7, 11) is 0.